The lowest BCUT2D eigenvalue weighted by molar-refractivity contribution is -0.256. The number of hydrogen-bond acceptors (Lipinski definition) is 16. The highest BCUT2D eigenvalue weighted by atomic mass is 16.7. The maximum Gasteiger partial charge on any atom is 0.410 e. The van der Waals surface area contributed by atoms with Gasteiger partial charge in [-0.3, -0.25) is 24.8 Å². The molecule has 1 amide bonds. The summed E-state index contributed by atoms with van der Waals surface area (Å²) in [6.45, 7) is 7.33. The fourth-order valence-corrected chi connectivity index (χ4v) is 11.6. The van der Waals surface area contributed by atoms with Crippen LogP contribution < -0.4 is 4.74 Å². The zero-order chi connectivity index (χ0) is 50.1. The predicted octanol–water partition coefficient (Wildman–Crippen LogP) is 6.04. The minimum absolute atomic E-state index is 0.0307. The van der Waals surface area contributed by atoms with E-state index in [1.807, 2.05) is 80.3 Å². The van der Waals surface area contributed by atoms with Crippen LogP contribution in [0.1, 0.15) is 96.3 Å². The van der Waals surface area contributed by atoms with Crippen LogP contribution in [-0.4, -0.2) is 156 Å². The third-order valence-electron chi connectivity index (χ3n) is 15.5. The Morgan fingerprint density at radius 1 is 0.915 bits per heavy atom. The molecule has 2 aliphatic carbocycles. The summed E-state index contributed by atoms with van der Waals surface area (Å²) in [7, 11) is 4.70. The van der Waals surface area contributed by atoms with E-state index in [0.717, 1.165) is 16.7 Å². The molecule has 4 aromatic carbocycles. The third kappa shape index (κ3) is 8.69. The Morgan fingerprint density at radius 2 is 1.63 bits per heavy atom. The van der Waals surface area contributed by atoms with E-state index in [9.17, 15) is 35.1 Å². The first-order valence-electron chi connectivity index (χ1n) is 24.4. The molecule has 4 aromatic rings. The minimum atomic E-state index is -2.13. The van der Waals surface area contributed by atoms with Crippen LogP contribution in [0.2, 0.25) is 0 Å². The van der Waals surface area contributed by atoms with Gasteiger partial charge in [0.15, 0.2) is 30.4 Å². The first-order valence-corrected chi connectivity index (χ1v) is 24.4. The number of rotatable bonds is 11. The summed E-state index contributed by atoms with van der Waals surface area (Å²) >= 11 is 0. The Balaban J connectivity index is 0.869. The molecule has 4 aliphatic heterocycles. The topological polar surface area (TPSA) is 210 Å². The fraction of sp³-hybridized carbons (Fsp3) is 0.481. The normalized spacial score (nSPS) is 27.7. The molecule has 376 valence electrons. The highest BCUT2D eigenvalue weighted by Crippen LogP contribution is 2.53. The molecule has 0 unspecified atom stereocenters. The van der Waals surface area contributed by atoms with Crippen LogP contribution in [0.3, 0.4) is 0 Å². The quantitative estimate of drug-likeness (QED) is 0.111. The van der Waals surface area contributed by atoms with Gasteiger partial charge in [0.2, 0.25) is 0 Å². The van der Waals surface area contributed by atoms with E-state index < -0.39 is 77.8 Å². The first-order chi connectivity index (χ1) is 34.0. The van der Waals surface area contributed by atoms with Crippen molar-refractivity contribution in [3.8, 4) is 28.4 Å². The average Bonchev–Trinajstić information content (AvgIpc) is 3.76. The van der Waals surface area contributed by atoms with Gasteiger partial charge in [-0.2, -0.15) is 0 Å². The fourth-order valence-electron chi connectivity index (χ4n) is 11.6. The molecule has 71 heavy (non-hydrogen) atoms. The minimum Gasteiger partial charge on any atom is -0.507 e. The third-order valence-corrected chi connectivity index (χ3v) is 15.5. The molecule has 4 N–H and O–H groups in total. The maximum absolute atomic E-state index is 14.6. The lowest BCUT2D eigenvalue weighted by Gasteiger charge is -2.44. The van der Waals surface area contributed by atoms with Crippen molar-refractivity contribution in [2.75, 3.05) is 54.1 Å². The van der Waals surface area contributed by atoms with Crippen LogP contribution >= 0.6 is 0 Å². The van der Waals surface area contributed by atoms with Crippen LogP contribution in [0, 0.1) is 5.41 Å². The number of phenolic OH excluding ortho intramolecular Hbond substituents is 2. The number of aromatic hydroxyl groups is 2. The van der Waals surface area contributed by atoms with Crippen molar-refractivity contribution in [2.45, 2.75) is 113 Å². The molecule has 0 radical (unpaired) electrons. The molecule has 0 saturated carbocycles. The summed E-state index contributed by atoms with van der Waals surface area (Å²) in [5.41, 5.74) is -0.492. The molecule has 8 atom stereocenters. The number of piperidine rings is 1. The summed E-state index contributed by atoms with van der Waals surface area (Å²) in [6.07, 6.45) is -3.90. The Morgan fingerprint density at radius 3 is 2.34 bits per heavy atom. The Labute approximate surface area is 412 Å². The van der Waals surface area contributed by atoms with E-state index in [2.05, 4.69) is 4.90 Å². The number of hydrogen-bond donors (Lipinski definition) is 4. The number of fused-ring (bicyclic) bond motifs is 6. The molecular weight excluding hydrogens is 913 g/mol. The van der Waals surface area contributed by atoms with Crippen molar-refractivity contribution in [2.24, 2.45) is 0 Å². The van der Waals surface area contributed by atoms with Gasteiger partial charge < -0.3 is 53.4 Å². The van der Waals surface area contributed by atoms with Crippen molar-refractivity contribution in [3.63, 3.8) is 0 Å². The van der Waals surface area contributed by atoms with Gasteiger partial charge in [0, 0.05) is 81.8 Å². The number of nitrogens with one attached hydrogen (secondary N) is 1. The van der Waals surface area contributed by atoms with Gasteiger partial charge in [0.05, 0.1) is 54.9 Å². The van der Waals surface area contributed by atoms with Crippen LogP contribution in [0.5, 0.6) is 17.2 Å². The second-order valence-electron chi connectivity index (χ2n) is 20.1. The number of likely N-dealkylation sites (tertiary alicyclic amines) is 1. The Bertz CT molecular complexity index is 2730. The number of amides is 1. The lowest BCUT2D eigenvalue weighted by Crippen LogP contribution is -2.55. The lowest BCUT2D eigenvalue weighted by atomic mass is 9.71. The van der Waals surface area contributed by atoms with E-state index in [1.54, 1.807) is 31.2 Å². The number of morpholine rings is 1. The zero-order valence-corrected chi connectivity index (χ0v) is 40.9. The second-order valence-corrected chi connectivity index (χ2v) is 20.1. The molecule has 4 saturated heterocycles. The maximum atomic E-state index is 14.6. The summed E-state index contributed by atoms with van der Waals surface area (Å²) in [4.78, 5) is 48.2. The SMILES string of the molecule is COc1cccc2c1C(=N)c1c(O)c3c(c(O)c1C2=O)C[C@@](O)(C(=O)CN1CCC(N(C)C(=O)OC(C)(C)c2ccc(-c4ccccc4)cc2)CC1)C[C@@H]3O[C@H]1C[C@H]2[C@H](O[C@@H]3[C@@H](OC)OCCN32)[C@H](C)O1. The second kappa shape index (κ2) is 19.0. The van der Waals surface area contributed by atoms with E-state index in [0.29, 0.717) is 45.5 Å². The molecule has 17 heteroatoms. The highest BCUT2D eigenvalue weighted by molar-refractivity contribution is 6.32. The summed E-state index contributed by atoms with van der Waals surface area (Å²) in [5.74, 6) is -1.98. The van der Waals surface area contributed by atoms with Crippen LogP contribution in [0.4, 0.5) is 4.79 Å². The molecule has 0 aromatic heterocycles. The van der Waals surface area contributed by atoms with E-state index in [1.165, 1.54) is 13.2 Å². The summed E-state index contributed by atoms with van der Waals surface area (Å²) in [5, 5.41) is 46.4. The molecule has 0 bridgehead atoms. The van der Waals surface area contributed by atoms with Gasteiger partial charge in [-0.15, -0.1) is 0 Å². The van der Waals surface area contributed by atoms with Crippen LogP contribution in [-0.2, 0) is 45.2 Å². The number of methoxy groups -OCH3 is 2. The summed E-state index contributed by atoms with van der Waals surface area (Å²) in [6, 6.07) is 22.4. The number of ether oxygens (including phenoxy) is 7. The average molecular weight is 975 g/mol. The van der Waals surface area contributed by atoms with Crippen molar-refractivity contribution in [1.82, 2.24) is 14.7 Å². The Hall–Kier alpha value is -5.76. The van der Waals surface area contributed by atoms with Crippen LogP contribution in [0.25, 0.3) is 11.1 Å². The number of nitrogens with zero attached hydrogens (tertiary/aromatic N) is 3. The van der Waals surface area contributed by atoms with Gasteiger partial charge >= 0.3 is 6.09 Å². The van der Waals surface area contributed by atoms with E-state index in [-0.39, 0.29) is 76.0 Å². The monoisotopic (exact) mass is 974 g/mol. The largest absolute Gasteiger partial charge is 0.507 e. The number of phenols is 2. The predicted molar refractivity (Wildman–Crippen MR) is 258 cm³/mol. The van der Waals surface area contributed by atoms with Gasteiger partial charge in [0.25, 0.3) is 0 Å². The molecule has 6 aliphatic rings. The van der Waals surface area contributed by atoms with Crippen molar-refractivity contribution < 1.29 is 62.9 Å². The van der Waals surface area contributed by atoms with Crippen molar-refractivity contribution >= 4 is 23.4 Å². The molecule has 4 heterocycles. The Kier molecular flexibility index (Phi) is 13.1. The van der Waals surface area contributed by atoms with Crippen LogP contribution in [0.15, 0.2) is 72.8 Å². The number of aliphatic hydroxyl groups is 1. The molecule has 17 nitrogen and oxygen atoms in total. The van der Waals surface area contributed by atoms with Gasteiger partial charge in [-0.25, -0.2) is 4.79 Å². The van der Waals surface area contributed by atoms with Gasteiger partial charge in [-0.1, -0.05) is 66.7 Å². The number of ketones is 2. The van der Waals surface area contributed by atoms with E-state index >= 15 is 0 Å². The molecular formula is C54H62N4O13. The number of Topliss-reactive ketones (excluding diaryl/α,β-unsaturated/α-hetero) is 1. The summed E-state index contributed by atoms with van der Waals surface area (Å²) < 4.78 is 42.6. The number of carbonyl (C=O) groups is 3. The molecule has 10 rings (SSSR count). The molecule has 0 spiro atoms. The number of carbonyl (C=O) groups excluding carboxylic acids is 3. The number of benzene rings is 4. The van der Waals surface area contributed by atoms with Gasteiger partial charge in [-0.05, 0) is 56.4 Å². The van der Waals surface area contributed by atoms with Crippen molar-refractivity contribution in [3.05, 3.63) is 112 Å². The van der Waals surface area contributed by atoms with Gasteiger partial charge in [0.1, 0.15) is 34.6 Å². The van der Waals surface area contributed by atoms with E-state index in [4.69, 9.17) is 33.2 Å². The zero-order valence-electron chi connectivity index (χ0n) is 40.9. The highest BCUT2D eigenvalue weighted by Gasteiger charge is 2.55. The first kappa shape index (κ1) is 48.8. The van der Waals surface area contributed by atoms with Crippen molar-refractivity contribution in [1.29, 1.82) is 5.41 Å². The molecule has 4 fully saturated rings. The smallest absolute Gasteiger partial charge is 0.410 e. The standard InChI is InChI=1S/C54H62N4O13/c1-29-49-36(58-23-24-67-51(66-6)50(58)70-49)25-40(68-29)69-38-27-54(64,26-35-42(38)48(62)43-44(47(35)61)46(60)34-13-10-14-37(65-5)41(34)45(43)55)39(59)28-57-21-19-33(20-22-57)56(4)52(63)71-53(2,3)32-17-15-31(16-18-32)30-11-8-7-9-12-30/h7-18,29,33,36,38,40,49-51,55,61-62,64H,19-28H2,1-6H3/t29-,36-,38-,40-,49+,50+,51-,54-/m0/s1.